The Morgan fingerprint density at radius 1 is 0.938 bits per heavy atom. The molecule has 0 aliphatic carbocycles. The third-order valence-corrected chi connectivity index (χ3v) is 14.3. The number of rotatable bonds is 14. The van der Waals surface area contributed by atoms with E-state index >= 15 is 0 Å². The molecule has 0 saturated carbocycles. The maximum Gasteiger partial charge on any atom is 1.00 e. The van der Waals surface area contributed by atoms with Crippen LogP contribution in [0.15, 0.2) is 29.2 Å². The molecular weight excluding hydrogens is 496 g/mol. The van der Waals surface area contributed by atoms with E-state index in [-0.39, 0.29) is 47.7 Å². The smallest absolute Gasteiger partial charge is 0.744 e. The van der Waals surface area contributed by atoms with Gasteiger partial charge in [-0.2, -0.15) is 0 Å². The van der Waals surface area contributed by atoms with Crippen LogP contribution in [0.4, 0.5) is 0 Å². The van der Waals surface area contributed by atoms with Gasteiger partial charge in [-0.25, -0.2) is 8.42 Å². The zero-order valence-electron chi connectivity index (χ0n) is 20.6. The van der Waals surface area contributed by atoms with Crippen LogP contribution < -0.4 is 34.3 Å². The maximum absolute atomic E-state index is 10.9. The number of benzene rings is 1. The van der Waals surface area contributed by atoms with E-state index in [1.54, 1.807) is 0 Å². The van der Waals surface area contributed by atoms with Gasteiger partial charge in [0.1, 0.15) is 28.6 Å². The second-order valence-electron chi connectivity index (χ2n) is 9.63. The zero-order valence-corrected chi connectivity index (χ0v) is 26.5. The largest absolute Gasteiger partial charge is 1.00 e. The van der Waals surface area contributed by atoms with Crippen LogP contribution in [0.3, 0.4) is 0 Å². The third-order valence-electron chi connectivity index (χ3n) is 3.83. The Labute approximate surface area is 218 Å². The summed E-state index contributed by atoms with van der Waals surface area (Å²) in [6, 6.07) is 5.93. The number of hydrogen-bond acceptors (Lipinski definition) is 8. The summed E-state index contributed by atoms with van der Waals surface area (Å²) < 4.78 is 56.7. The second kappa shape index (κ2) is 13.5. The van der Waals surface area contributed by atoms with Crippen molar-refractivity contribution in [2.24, 2.45) is 0 Å². The van der Waals surface area contributed by atoms with Crippen LogP contribution in [0.25, 0.3) is 0 Å². The van der Waals surface area contributed by atoms with Crippen molar-refractivity contribution >= 4 is 35.3 Å². The standard InChI is InChI=1S/C19H38O8SSi3.Na/c1-29(2,3)26-31(7,27-30(4,5)6)14-8-13-24-15-17(20)16-25-18-9-11-19(12-10-18)28(21,22)23;/h9-12,17,20H,8,13-16H2,1-7H3,(H,21,22,23);/q;+1/p-1. The molecule has 180 valence electrons. The first-order valence-corrected chi connectivity index (χ1v) is 21.1. The minimum Gasteiger partial charge on any atom is -0.744 e. The minimum atomic E-state index is -4.49. The van der Waals surface area contributed by atoms with Gasteiger partial charge in [0.2, 0.25) is 0 Å². The van der Waals surface area contributed by atoms with E-state index < -0.39 is 41.4 Å². The van der Waals surface area contributed by atoms with Gasteiger partial charge in [0.25, 0.3) is 0 Å². The van der Waals surface area contributed by atoms with Crippen LogP contribution in [0.1, 0.15) is 6.42 Å². The molecular formula is C19H37NaO8SSi3. The van der Waals surface area contributed by atoms with Crippen molar-refractivity contribution < 1.29 is 65.3 Å². The summed E-state index contributed by atoms with van der Waals surface area (Å²) in [7, 11) is -10.2. The SMILES string of the molecule is C[Si](C)(C)O[Si](C)(CCCOCC(O)COc1ccc(S(=O)(=O)[O-])cc1)O[Si](C)(C)C.[Na+]. The molecule has 0 heterocycles. The van der Waals surface area contributed by atoms with Crippen LogP contribution in [-0.4, -0.2) is 69.2 Å². The third kappa shape index (κ3) is 14.6. The van der Waals surface area contributed by atoms with Crippen molar-refractivity contribution in [1.29, 1.82) is 0 Å². The Hall–Kier alpha value is 0.421. The Morgan fingerprint density at radius 3 is 1.88 bits per heavy atom. The average molecular weight is 533 g/mol. The van der Waals surface area contributed by atoms with Crippen LogP contribution in [0, 0.1) is 0 Å². The Bertz CT molecular complexity index is 763. The summed E-state index contributed by atoms with van der Waals surface area (Å²) in [6.07, 6.45) is -0.0425. The molecule has 8 nitrogen and oxygen atoms in total. The van der Waals surface area contributed by atoms with Gasteiger partial charge in [-0.05, 0) is 82.6 Å². The van der Waals surface area contributed by atoms with E-state index in [0.717, 1.165) is 12.5 Å². The van der Waals surface area contributed by atoms with E-state index in [4.69, 9.17) is 17.7 Å². The molecule has 0 fully saturated rings. The topological polar surface area (TPSA) is 114 Å². The fourth-order valence-electron chi connectivity index (χ4n) is 3.08. The average Bonchev–Trinajstić information content (AvgIpc) is 2.55. The minimum absolute atomic E-state index is 0. The number of aliphatic hydroxyl groups excluding tert-OH is 1. The fraction of sp³-hybridized carbons (Fsp3) is 0.684. The monoisotopic (exact) mass is 532 g/mol. The second-order valence-corrected chi connectivity index (χ2v) is 23.9. The summed E-state index contributed by atoms with van der Waals surface area (Å²) in [5, 5.41) is 10.0. The molecule has 0 aromatic heterocycles. The number of ether oxygens (including phenoxy) is 2. The number of aliphatic hydroxyl groups is 1. The van der Waals surface area contributed by atoms with Crippen LogP contribution in [0.5, 0.6) is 5.75 Å². The van der Waals surface area contributed by atoms with Gasteiger partial charge < -0.3 is 27.4 Å². The molecule has 0 radical (unpaired) electrons. The molecule has 1 unspecified atom stereocenters. The Kier molecular flexibility index (Phi) is 13.7. The van der Waals surface area contributed by atoms with Crippen LogP contribution in [-0.2, 0) is 23.1 Å². The molecule has 32 heavy (non-hydrogen) atoms. The molecule has 0 saturated heterocycles. The first-order chi connectivity index (χ1) is 14.0. The van der Waals surface area contributed by atoms with E-state index in [0.29, 0.717) is 12.4 Å². The number of hydrogen-bond donors (Lipinski definition) is 1. The van der Waals surface area contributed by atoms with Gasteiger partial charge in [0.05, 0.1) is 11.5 Å². The molecule has 13 heteroatoms. The van der Waals surface area contributed by atoms with Crippen molar-refractivity contribution in [3.63, 3.8) is 0 Å². The molecule has 0 amide bonds. The van der Waals surface area contributed by atoms with Gasteiger partial charge in [-0.3, -0.25) is 0 Å². The Morgan fingerprint density at radius 2 is 1.44 bits per heavy atom. The summed E-state index contributed by atoms with van der Waals surface area (Å²) in [5.41, 5.74) is 0. The fourth-order valence-corrected chi connectivity index (χ4v) is 16.1. The molecule has 1 aromatic carbocycles. The van der Waals surface area contributed by atoms with E-state index in [9.17, 15) is 18.1 Å². The molecule has 1 N–H and O–H groups in total. The first-order valence-electron chi connectivity index (χ1n) is 10.3. The zero-order chi connectivity index (χ0) is 23.9. The molecule has 0 bridgehead atoms. The Balaban J connectivity index is 0.00000961. The summed E-state index contributed by atoms with van der Waals surface area (Å²) in [6.45, 7) is 15.8. The van der Waals surface area contributed by atoms with Gasteiger partial charge in [0.15, 0.2) is 16.6 Å². The van der Waals surface area contributed by atoms with Crippen LogP contribution >= 0.6 is 0 Å². The van der Waals surface area contributed by atoms with Gasteiger partial charge in [0, 0.05) is 6.61 Å². The summed E-state index contributed by atoms with van der Waals surface area (Å²) in [4.78, 5) is -0.324. The first kappa shape index (κ1) is 32.4. The normalized spacial score (nSPS) is 14.0. The molecule has 1 rings (SSSR count). The van der Waals surface area contributed by atoms with Crippen molar-refractivity contribution in [1.82, 2.24) is 0 Å². The quantitative estimate of drug-likeness (QED) is 0.210. The maximum atomic E-state index is 10.9. The van der Waals surface area contributed by atoms with Crippen molar-refractivity contribution in [2.45, 2.75) is 69.3 Å². The summed E-state index contributed by atoms with van der Waals surface area (Å²) in [5.74, 6) is 0.361. The summed E-state index contributed by atoms with van der Waals surface area (Å²) >= 11 is 0. The van der Waals surface area contributed by atoms with Gasteiger partial charge in [-0.1, -0.05) is 0 Å². The van der Waals surface area contributed by atoms with Crippen molar-refractivity contribution in [3.05, 3.63) is 24.3 Å². The molecule has 0 aliphatic heterocycles. The van der Waals surface area contributed by atoms with Crippen molar-refractivity contribution in [3.8, 4) is 5.75 Å². The van der Waals surface area contributed by atoms with E-state index in [1.165, 1.54) is 24.3 Å². The van der Waals surface area contributed by atoms with Crippen LogP contribution in [0.2, 0.25) is 51.9 Å². The van der Waals surface area contributed by atoms with Gasteiger partial charge >= 0.3 is 38.1 Å². The van der Waals surface area contributed by atoms with E-state index in [1.807, 2.05) is 0 Å². The van der Waals surface area contributed by atoms with E-state index in [2.05, 4.69) is 45.8 Å². The predicted molar refractivity (Wildman–Crippen MR) is 127 cm³/mol. The molecule has 0 spiro atoms. The van der Waals surface area contributed by atoms with Crippen molar-refractivity contribution in [2.75, 3.05) is 19.8 Å². The van der Waals surface area contributed by atoms with Gasteiger partial charge in [-0.15, -0.1) is 0 Å². The molecule has 0 aliphatic rings. The molecule has 1 aromatic rings. The molecule has 1 atom stereocenters. The predicted octanol–water partition coefficient (Wildman–Crippen LogP) is 0.516.